The number of rotatable bonds is 5. The van der Waals surface area contributed by atoms with Gasteiger partial charge in [-0.15, -0.1) is 0 Å². The van der Waals surface area contributed by atoms with Crippen LogP contribution in [0.25, 0.3) is 0 Å². The predicted molar refractivity (Wildman–Crippen MR) is 77.7 cm³/mol. The molecule has 0 aliphatic rings. The van der Waals surface area contributed by atoms with E-state index in [1.54, 1.807) is 12.1 Å². The lowest BCUT2D eigenvalue weighted by molar-refractivity contribution is 0.620. The van der Waals surface area contributed by atoms with Gasteiger partial charge in [-0.3, -0.25) is 0 Å². The monoisotopic (exact) mass is 278 g/mol. The van der Waals surface area contributed by atoms with Crippen molar-refractivity contribution in [3.8, 4) is 0 Å². The number of halogens is 2. The van der Waals surface area contributed by atoms with Gasteiger partial charge >= 0.3 is 0 Å². The first-order valence-corrected chi connectivity index (χ1v) is 6.52. The number of nitrogens with two attached hydrogens (primary N) is 1. The minimum atomic E-state index is -0.208. The van der Waals surface area contributed by atoms with Crippen molar-refractivity contribution in [1.82, 2.24) is 5.32 Å². The molecule has 2 rings (SSSR count). The molecule has 0 unspecified atom stereocenters. The van der Waals surface area contributed by atoms with Crippen LogP contribution < -0.4 is 11.1 Å². The Bertz CT molecular complexity index is 558. The Morgan fingerprint density at radius 2 is 2.00 bits per heavy atom. The first kappa shape index (κ1) is 13.8. The fraction of sp³-hybridized carbons (Fsp3) is 0.200. The number of anilines is 1. The molecule has 2 aromatic rings. The van der Waals surface area contributed by atoms with E-state index >= 15 is 0 Å². The van der Waals surface area contributed by atoms with Crippen molar-refractivity contribution in [1.29, 1.82) is 0 Å². The van der Waals surface area contributed by atoms with E-state index in [1.165, 1.54) is 12.1 Å². The molecule has 0 atom stereocenters. The smallest absolute Gasteiger partial charge is 0.123 e. The third-order valence-electron chi connectivity index (χ3n) is 2.87. The van der Waals surface area contributed by atoms with Crippen LogP contribution in [0.3, 0.4) is 0 Å². The van der Waals surface area contributed by atoms with Crippen LogP contribution in [0, 0.1) is 5.82 Å². The molecule has 0 aromatic heterocycles. The van der Waals surface area contributed by atoms with Gasteiger partial charge in [0, 0.05) is 17.3 Å². The summed E-state index contributed by atoms with van der Waals surface area (Å²) in [6, 6.07) is 12.1. The molecule has 0 aliphatic carbocycles. The molecule has 0 radical (unpaired) electrons. The third kappa shape index (κ3) is 4.23. The van der Waals surface area contributed by atoms with Crippen LogP contribution in [0.2, 0.25) is 5.02 Å². The number of hydrogen-bond donors (Lipinski definition) is 2. The lowest BCUT2D eigenvalue weighted by Crippen LogP contribution is -2.16. The lowest BCUT2D eigenvalue weighted by atomic mass is 10.1. The van der Waals surface area contributed by atoms with Crippen molar-refractivity contribution < 1.29 is 4.39 Å². The topological polar surface area (TPSA) is 38.0 Å². The summed E-state index contributed by atoms with van der Waals surface area (Å²) in [6.07, 6.45) is 0.814. The molecule has 0 aliphatic heterocycles. The fourth-order valence-electron chi connectivity index (χ4n) is 1.87. The van der Waals surface area contributed by atoms with Crippen LogP contribution in [0.4, 0.5) is 10.1 Å². The van der Waals surface area contributed by atoms with E-state index in [1.807, 2.05) is 18.2 Å². The minimum Gasteiger partial charge on any atom is -0.399 e. The van der Waals surface area contributed by atoms with Gasteiger partial charge < -0.3 is 11.1 Å². The Kier molecular flexibility index (Phi) is 4.77. The zero-order valence-electron chi connectivity index (χ0n) is 10.5. The summed E-state index contributed by atoms with van der Waals surface area (Å²) in [7, 11) is 0. The van der Waals surface area contributed by atoms with Gasteiger partial charge in [-0.1, -0.05) is 29.8 Å². The van der Waals surface area contributed by atoms with Crippen molar-refractivity contribution in [2.45, 2.75) is 13.0 Å². The molecule has 0 bridgehead atoms. The van der Waals surface area contributed by atoms with Crippen molar-refractivity contribution in [3.63, 3.8) is 0 Å². The van der Waals surface area contributed by atoms with E-state index in [0.29, 0.717) is 17.3 Å². The van der Waals surface area contributed by atoms with Gasteiger partial charge in [0.2, 0.25) is 0 Å². The fourth-order valence-corrected chi connectivity index (χ4v) is 2.15. The minimum absolute atomic E-state index is 0.208. The highest BCUT2D eigenvalue weighted by atomic mass is 35.5. The Morgan fingerprint density at radius 1 is 1.16 bits per heavy atom. The summed E-state index contributed by atoms with van der Waals surface area (Å²) in [4.78, 5) is 0. The first-order chi connectivity index (χ1) is 9.15. The molecule has 0 amide bonds. The van der Waals surface area contributed by atoms with E-state index < -0.39 is 0 Å². The maximum Gasteiger partial charge on any atom is 0.123 e. The van der Waals surface area contributed by atoms with Crippen LogP contribution in [0.15, 0.2) is 42.5 Å². The second-order valence-electron chi connectivity index (χ2n) is 4.41. The second kappa shape index (κ2) is 6.55. The standard InChI is InChI=1S/C15H16ClFN2/c16-15-9-14(18)5-4-12(15)6-7-19-10-11-2-1-3-13(17)8-11/h1-5,8-9,19H,6-7,10,18H2. The SMILES string of the molecule is Nc1ccc(CCNCc2cccc(F)c2)c(Cl)c1. The van der Waals surface area contributed by atoms with Gasteiger partial charge in [0.1, 0.15) is 5.82 Å². The van der Waals surface area contributed by atoms with Crippen LogP contribution in [0.1, 0.15) is 11.1 Å². The number of nitrogens with one attached hydrogen (secondary N) is 1. The quantitative estimate of drug-likeness (QED) is 0.650. The van der Waals surface area contributed by atoms with E-state index in [0.717, 1.165) is 24.1 Å². The van der Waals surface area contributed by atoms with Crippen molar-refractivity contribution in [2.24, 2.45) is 0 Å². The van der Waals surface area contributed by atoms with Crippen LogP contribution in [-0.2, 0) is 13.0 Å². The molecule has 4 heteroatoms. The Morgan fingerprint density at radius 3 is 2.74 bits per heavy atom. The average molecular weight is 279 g/mol. The summed E-state index contributed by atoms with van der Waals surface area (Å²) >= 11 is 6.09. The Labute approximate surface area is 117 Å². The van der Waals surface area contributed by atoms with E-state index in [2.05, 4.69) is 5.32 Å². The largest absolute Gasteiger partial charge is 0.399 e. The summed E-state index contributed by atoms with van der Waals surface area (Å²) < 4.78 is 13.0. The summed E-state index contributed by atoms with van der Waals surface area (Å²) in [6.45, 7) is 1.42. The third-order valence-corrected chi connectivity index (χ3v) is 3.22. The highest BCUT2D eigenvalue weighted by Gasteiger charge is 2.01. The summed E-state index contributed by atoms with van der Waals surface area (Å²) in [5.41, 5.74) is 8.30. The molecule has 0 fully saturated rings. The van der Waals surface area contributed by atoms with Gasteiger partial charge in [-0.2, -0.15) is 0 Å². The molecule has 0 saturated heterocycles. The molecule has 100 valence electrons. The zero-order valence-corrected chi connectivity index (χ0v) is 11.3. The Balaban J connectivity index is 1.81. The van der Waals surface area contributed by atoms with Gasteiger partial charge in [-0.05, 0) is 48.4 Å². The van der Waals surface area contributed by atoms with Gasteiger partial charge in [0.05, 0.1) is 0 Å². The molecular formula is C15H16ClFN2. The maximum atomic E-state index is 13.0. The molecular weight excluding hydrogens is 263 g/mol. The molecule has 0 saturated carbocycles. The van der Waals surface area contributed by atoms with E-state index in [9.17, 15) is 4.39 Å². The van der Waals surface area contributed by atoms with Crippen molar-refractivity contribution in [3.05, 3.63) is 64.4 Å². The maximum absolute atomic E-state index is 13.0. The van der Waals surface area contributed by atoms with Crippen molar-refractivity contribution >= 4 is 17.3 Å². The van der Waals surface area contributed by atoms with Gasteiger partial charge in [-0.25, -0.2) is 4.39 Å². The first-order valence-electron chi connectivity index (χ1n) is 6.14. The van der Waals surface area contributed by atoms with Crippen LogP contribution >= 0.6 is 11.6 Å². The van der Waals surface area contributed by atoms with E-state index in [4.69, 9.17) is 17.3 Å². The van der Waals surface area contributed by atoms with Crippen molar-refractivity contribution in [2.75, 3.05) is 12.3 Å². The second-order valence-corrected chi connectivity index (χ2v) is 4.81. The molecule has 2 aromatic carbocycles. The van der Waals surface area contributed by atoms with Gasteiger partial charge in [0.25, 0.3) is 0 Å². The van der Waals surface area contributed by atoms with Crippen LogP contribution in [-0.4, -0.2) is 6.54 Å². The normalized spacial score (nSPS) is 10.6. The number of benzene rings is 2. The molecule has 3 N–H and O–H groups in total. The molecule has 2 nitrogen and oxygen atoms in total. The summed E-state index contributed by atoms with van der Waals surface area (Å²) in [5.74, 6) is -0.208. The summed E-state index contributed by atoms with van der Waals surface area (Å²) in [5, 5.41) is 3.95. The molecule has 0 heterocycles. The van der Waals surface area contributed by atoms with Crippen LogP contribution in [0.5, 0.6) is 0 Å². The number of hydrogen-bond acceptors (Lipinski definition) is 2. The van der Waals surface area contributed by atoms with E-state index in [-0.39, 0.29) is 5.82 Å². The zero-order chi connectivity index (χ0) is 13.7. The lowest BCUT2D eigenvalue weighted by Gasteiger charge is -2.07. The highest BCUT2D eigenvalue weighted by Crippen LogP contribution is 2.19. The number of nitrogen functional groups attached to an aromatic ring is 1. The highest BCUT2D eigenvalue weighted by molar-refractivity contribution is 6.31. The average Bonchev–Trinajstić information content (AvgIpc) is 2.37. The predicted octanol–water partition coefficient (Wildman–Crippen LogP) is 3.39. The molecule has 0 spiro atoms. The molecule has 19 heavy (non-hydrogen) atoms. The Hall–Kier alpha value is -1.58. The van der Waals surface area contributed by atoms with Gasteiger partial charge in [0.15, 0.2) is 0 Å².